The molecule has 6 heteroatoms. The maximum atomic E-state index is 12.3. The van der Waals surface area contributed by atoms with Gasteiger partial charge in [0.25, 0.3) is 5.91 Å². The number of rotatable bonds is 5. The smallest absolute Gasteiger partial charge is 0.279 e. The van der Waals surface area contributed by atoms with Gasteiger partial charge in [0.1, 0.15) is 0 Å². The number of carbonyl (C=O) groups is 1. The predicted octanol–water partition coefficient (Wildman–Crippen LogP) is 3.71. The van der Waals surface area contributed by atoms with Crippen LogP contribution in [0.2, 0.25) is 0 Å². The molecular weight excluding hydrogens is 326 g/mol. The van der Waals surface area contributed by atoms with Crippen molar-refractivity contribution in [2.75, 3.05) is 6.54 Å². The van der Waals surface area contributed by atoms with Crippen LogP contribution in [0.1, 0.15) is 72.0 Å². The molecule has 0 atom stereocenters. The van der Waals surface area contributed by atoms with Crippen molar-refractivity contribution < 1.29 is 4.79 Å². The fourth-order valence-corrected chi connectivity index (χ4v) is 4.05. The number of thiocarbonyl (C=S) groups is 1. The fourth-order valence-electron chi connectivity index (χ4n) is 2.75. The van der Waals surface area contributed by atoms with Crippen LogP contribution in [0.4, 0.5) is 0 Å². The Balaban J connectivity index is 1.79. The summed E-state index contributed by atoms with van der Waals surface area (Å²) >= 11 is 6.79. The van der Waals surface area contributed by atoms with Crippen molar-refractivity contribution in [2.45, 2.75) is 64.7 Å². The van der Waals surface area contributed by atoms with E-state index in [9.17, 15) is 4.79 Å². The van der Waals surface area contributed by atoms with E-state index in [1.54, 1.807) is 11.3 Å². The molecule has 1 aromatic heterocycles. The first kappa shape index (κ1) is 18.2. The highest BCUT2D eigenvalue weighted by Gasteiger charge is 2.15. The number of aryl methyl sites for hydroxylation is 2. The molecule has 0 bridgehead atoms. The van der Waals surface area contributed by atoms with E-state index in [1.807, 2.05) is 0 Å². The molecule has 4 nitrogen and oxygen atoms in total. The van der Waals surface area contributed by atoms with Crippen LogP contribution >= 0.6 is 23.6 Å². The number of carbonyl (C=O) groups excluding carboxylic acids is 1. The molecule has 1 heterocycles. The third-order valence-electron chi connectivity index (χ3n) is 4.08. The van der Waals surface area contributed by atoms with Crippen LogP contribution in [0, 0.1) is 0 Å². The fraction of sp³-hybridized carbons (Fsp3) is 0.647. The summed E-state index contributed by atoms with van der Waals surface area (Å²) in [6.45, 7) is 3.00. The van der Waals surface area contributed by atoms with E-state index in [0.717, 1.165) is 30.7 Å². The van der Waals surface area contributed by atoms with Gasteiger partial charge >= 0.3 is 0 Å². The standard InChI is InChI=1S/C17H27N3OS2/c1-2-3-8-11-18-17(22)20-19-16(21)15-12-13-9-6-4-5-7-10-14(13)23-15/h12H,2-11H2,1H3,(H,19,21)(H2,18,20,22). The molecule has 3 N–H and O–H groups in total. The Kier molecular flexibility index (Phi) is 7.82. The number of hydrogen-bond donors (Lipinski definition) is 3. The molecule has 0 aromatic carbocycles. The normalized spacial score (nSPS) is 14.3. The second-order valence-corrected chi connectivity index (χ2v) is 7.56. The molecule has 0 saturated carbocycles. The van der Waals surface area contributed by atoms with Gasteiger partial charge in [0.2, 0.25) is 0 Å². The van der Waals surface area contributed by atoms with Crippen LogP contribution in [0.15, 0.2) is 6.07 Å². The zero-order chi connectivity index (χ0) is 16.5. The number of amides is 1. The van der Waals surface area contributed by atoms with Gasteiger partial charge in [0.05, 0.1) is 4.88 Å². The van der Waals surface area contributed by atoms with E-state index in [2.05, 4.69) is 29.2 Å². The second-order valence-electron chi connectivity index (χ2n) is 6.02. The molecule has 1 aliphatic carbocycles. The highest BCUT2D eigenvalue weighted by Crippen LogP contribution is 2.28. The lowest BCUT2D eigenvalue weighted by Crippen LogP contribution is -2.46. The molecular formula is C17H27N3OS2. The summed E-state index contributed by atoms with van der Waals surface area (Å²) in [5.74, 6) is -0.0977. The minimum absolute atomic E-state index is 0.0977. The summed E-state index contributed by atoms with van der Waals surface area (Å²) in [5, 5.41) is 3.58. The third kappa shape index (κ3) is 6.11. The molecule has 1 amide bonds. The molecule has 1 aromatic rings. The summed E-state index contributed by atoms with van der Waals surface area (Å²) in [5.41, 5.74) is 6.85. The molecule has 0 fully saturated rings. The summed E-state index contributed by atoms with van der Waals surface area (Å²) < 4.78 is 0. The van der Waals surface area contributed by atoms with Gasteiger partial charge in [0, 0.05) is 11.4 Å². The average molecular weight is 354 g/mol. The summed E-state index contributed by atoms with van der Waals surface area (Å²) in [4.78, 5) is 14.4. The van der Waals surface area contributed by atoms with Gasteiger partial charge < -0.3 is 5.32 Å². The first-order chi connectivity index (χ1) is 11.2. The Labute approximate surface area is 148 Å². The summed E-state index contributed by atoms with van der Waals surface area (Å²) in [7, 11) is 0. The van der Waals surface area contributed by atoms with Gasteiger partial charge in [-0.05, 0) is 56.0 Å². The highest BCUT2D eigenvalue weighted by atomic mass is 32.1. The number of unbranched alkanes of at least 4 members (excludes halogenated alkanes) is 2. The lowest BCUT2D eigenvalue weighted by molar-refractivity contribution is 0.0947. The Morgan fingerprint density at radius 1 is 1.17 bits per heavy atom. The van der Waals surface area contributed by atoms with Crippen LogP contribution in [-0.4, -0.2) is 17.6 Å². The molecule has 1 aliphatic rings. The van der Waals surface area contributed by atoms with E-state index in [0.29, 0.717) is 5.11 Å². The monoisotopic (exact) mass is 353 g/mol. The highest BCUT2D eigenvalue weighted by molar-refractivity contribution is 7.80. The zero-order valence-corrected chi connectivity index (χ0v) is 15.5. The Morgan fingerprint density at radius 3 is 2.74 bits per heavy atom. The topological polar surface area (TPSA) is 53.2 Å². The molecule has 23 heavy (non-hydrogen) atoms. The van der Waals surface area contributed by atoms with Crippen LogP contribution in [0.25, 0.3) is 0 Å². The molecule has 128 valence electrons. The molecule has 0 radical (unpaired) electrons. The van der Waals surface area contributed by atoms with E-state index < -0.39 is 0 Å². The number of fused-ring (bicyclic) bond motifs is 1. The maximum absolute atomic E-state index is 12.3. The lowest BCUT2D eigenvalue weighted by atomic mass is 10.00. The van der Waals surface area contributed by atoms with Crippen LogP contribution in [0.5, 0.6) is 0 Å². The number of hydrogen-bond acceptors (Lipinski definition) is 3. The van der Waals surface area contributed by atoms with Crippen LogP contribution in [0.3, 0.4) is 0 Å². The number of hydrazine groups is 1. The van der Waals surface area contributed by atoms with Gasteiger partial charge in [-0.1, -0.05) is 32.6 Å². The van der Waals surface area contributed by atoms with Gasteiger partial charge in [0.15, 0.2) is 5.11 Å². The van der Waals surface area contributed by atoms with Crippen molar-refractivity contribution in [3.05, 3.63) is 21.4 Å². The molecule has 0 unspecified atom stereocenters. The van der Waals surface area contributed by atoms with Crippen molar-refractivity contribution in [3.8, 4) is 0 Å². The van der Waals surface area contributed by atoms with Gasteiger partial charge in [-0.2, -0.15) is 0 Å². The van der Waals surface area contributed by atoms with E-state index >= 15 is 0 Å². The van der Waals surface area contributed by atoms with E-state index in [4.69, 9.17) is 12.2 Å². The van der Waals surface area contributed by atoms with Crippen molar-refractivity contribution in [1.29, 1.82) is 0 Å². The number of nitrogens with one attached hydrogen (secondary N) is 3. The first-order valence-corrected chi connectivity index (χ1v) is 9.89. The van der Waals surface area contributed by atoms with Gasteiger partial charge in [-0.25, -0.2) is 0 Å². The van der Waals surface area contributed by atoms with E-state index in [-0.39, 0.29) is 5.91 Å². The molecule has 0 spiro atoms. The average Bonchev–Trinajstić information content (AvgIpc) is 2.91. The van der Waals surface area contributed by atoms with Crippen molar-refractivity contribution in [1.82, 2.24) is 16.2 Å². The maximum Gasteiger partial charge on any atom is 0.279 e. The van der Waals surface area contributed by atoms with Crippen LogP contribution < -0.4 is 16.2 Å². The van der Waals surface area contributed by atoms with Crippen molar-refractivity contribution >= 4 is 34.6 Å². The van der Waals surface area contributed by atoms with Crippen molar-refractivity contribution in [2.24, 2.45) is 0 Å². The summed E-state index contributed by atoms with van der Waals surface area (Å²) in [6.07, 6.45) is 10.7. The predicted molar refractivity (Wildman–Crippen MR) is 101 cm³/mol. The second kappa shape index (κ2) is 9.88. The van der Waals surface area contributed by atoms with Gasteiger partial charge in [-0.15, -0.1) is 11.3 Å². The zero-order valence-electron chi connectivity index (χ0n) is 13.9. The lowest BCUT2D eigenvalue weighted by Gasteiger charge is -2.10. The van der Waals surface area contributed by atoms with Gasteiger partial charge in [-0.3, -0.25) is 15.6 Å². The Bertz CT molecular complexity index is 502. The quantitative estimate of drug-likeness (QED) is 0.429. The van der Waals surface area contributed by atoms with Crippen LogP contribution in [-0.2, 0) is 12.8 Å². The minimum atomic E-state index is -0.0977. The van der Waals surface area contributed by atoms with E-state index in [1.165, 1.54) is 49.0 Å². The van der Waals surface area contributed by atoms with Crippen molar-refractivity contribution in [3.63, 3.8) is 0 Å². The molecule has 0 aliphatic heterocycles. The third-order valence-corrected chi connectivity index (χ3v) is 5.56. The number of thiophene rings is 1. The Hall–Kier alpha value is -1.14. The largest absolute Gasteiger partial charge is 0.361 e. The first-order valence-electron chi connectivity index (χ1n) is 8.66. The Morgan fingerprint density at radius 2 is 1.96 bits per heavy atom. The summed E-state index contributed by atoms with van der Waals surface area (Å²) in [6, 6.07) is 2.06. The molecule has 0 saturated heterocycles. The minimum Gasteiger partial charge on any atom is -0.361 e. The molecule has 2 rings (SSSR count). The SMILES string of the molecule is CCCCCNC(=S)NNC(=O)c1cc2c(s1)CCCCCC2.